The van der Waals surface area contributed by atoms with E-state index >= 15 is 0 Å². The van der Waals surface area contributed by atoms with Gasteiger partial charge in [0.05, 0.1) is 0 Å². The van der Waals surface area contributed by atoms with Crippen molar-refractivity contribution < 1.29 is 0 Å². The Hall–Kier alpha value is -0.0400. The van der Waals surface area contributed by atoms with E-state index in [0.29, 0.717) is 5.41 Å². The van der Waals surface area contributed by atoms with Gasteiger partial charge < -0.3 is 5.32 Å². The summed E-state index contributed by atoms with van der Waals surface area (Å²) in [5.41, 5.74) is 0.524. The molecule has 1 aliphatic heterocycles. The van der Waals surface area contributed by atoms with Crippen LogP contribution in [0.2, 0.25) is 0 Å². The summed E-state index contributed by atoms with van der Waals surface area (Å²) in [5, 5.41) is 3.62. The van der Waals surface area contributed by atoms with E-state index in [1.54, 1.807) is 0 Å². The normalized spacial score (nSPS) is 37.6. The predicted molar refractivity (Wildman–Crippen MR) is 84.2 cm³/mol. The molecule has 1 nitrogen and oxygen atoms in total. The highest BCUT2D eigenvalue weighted by Gasteiger charge is 2.37. The maximum absolute atomic E-state index is 3.62. The van der Waals surface area contributed by atoms with E-state index in [9.17, 15) is 0 Å². The molecule has 0 amide bonds. The maximum atomic E-state index is 3.62. The Morgan fingerprint density at radius 1 is 0.947 bits per heavy atom. The van der Waals surface area contributed by atoms with Crippen LogP contribution in [0, 0.1) is 35.0 Å². The first kappa shape index (κ1) is 15.4. The van der Waals surface area contributed by atoms with Crippen LogP contribution in [-0.2, 0) is 0 Å². The number of nitrogens with one attached hydrogen (secondary N) is 1. The lowest BCUT2D eigenvalue weighted by atomic mass is 9.63. The van der Waals surface area contributed by atoms with Crippen molar-refractivity contribution in [2.45, 2.75) is 66.7 Å². The van der Waals surface area contributed by atoms with Crippen LogP contribution in [0.3, 0.4) is 0 Å². The molecule has 112 valence electrons. The van der Waals surface area contributed by atoms with Crippen LogP contribution in [0.5, 0.6) is 0 Å². The minimum atomic E-state index is 0.524. The third kappa shape index (κ3) is 3.74. The molecule has 2 aliphatic rings. The fraction of sp³-hybridized carbons (Fsp3) is 1.00. The first-order valence-electron chi connectivity index (χ1n) is 8.60. The molecule has 2 rings (SSSR count). The van der Waals surface area contributed by atoms with Crippen LogP contribution in [0.15, 0.2) is 0 Å². The van der Waals surface area contributed by atoms with Crippen LogP contribution in [0.4, 0.5) is 0 Å². The number of rotatable bonds is 2. The molecule has 1 aliphatic carbocycles. The first-order chi connectivity index (χ1) is 8.89. The summed E-state index contributed by atoms with van der Waals surface area (Å²) < 4.78 is 0. The largest absolute Gasteiger partial charge is 0.316 e. The lowest BCUT2D eigenvalue weighted by molar-refractivity contribution is 0.0698. The monoisotopic (exact) mass is 265 g/mol. The number of piperidine rings is 1. The van der Waals surface area contributed by atoms with Crippen LogP contribution in [-0.4, -0.2) is 13.1 Å². The van der Waals surface area contributed by atoms with Crippen molar-refractivity contribution in [3.8, 4) is 0 Å². The third-order valence-electron chi connectivity index (χ3n) is 6.04. The Morgan fingerprint density at radius 2 is 1.58 bits per heavy atom. The van der Waals surface area contributed by atoms with Crippen LogP contribution >= 0.6 is 0 Å². The molecular weight excluding hydrogens is 230 g/mol. The quantitative estimate of drug-likeness (QED) is 0.761. The molecule has 1 saturated heterocycles. The molecule has 2 fully saturated rings. The second-order valence-electron chi connectivity index (χ2n) is 8.54. The summed E-state index contributed by atoms with van der Waals surface area (Å²) >= 11 is 0. The molecular formula is C18H35N. The molecule has 0 radical (unpaired) electrons. The third-order valence-corrected chi connectivity index (χ3v) is 6.04. The van der Waals surface area contributed by atoms with Gasteiger partial charge in [-0.1, -0.05) is 34.6 Å². The molecule has 1 heterocycles. The van der Waals surface area contributed by atoms with Crippen LogP contribution in [0.25, 0.3) is 0 Å². The smallest absolute Gasteiger partial charge is 0.00153 e. The van der Waals surface area contributed by atoms with Gasteiger partial charge in [0.15, 0.2) is 0 Å². The lowest BCUT2D eigenvalue weighted by Gasteiger charge is -2.44. The fourth-order valence-corrected chi connectivity index (χ4v) is 4.63. The minimum absolute atomic E-state index is 0.524. The second kappa shape index (κ2) is 6.16. The fourth-order valence-electron chi connectivity index (χ4n) is 4.63. The predicted octanol–water partition coefficient (Wildman–Crippen LogP) is 4.72. The number of hydrogen-bond donors (Lipinski definition) is 1. The van der Waals surface area contributed by atoms with Crippen molar-refractivity contribution in [3.05, 3.63) is 0 Å². The Morgan fingerprint density at radius 3 is 2.11 bits per heavy atom. The van der Waals surface area contributed by atoms with E-state index in [-0.39, 0.29) is 0 Å². The van der Waals surface area contributed by atoms with Crippen molar-refractivity contribution in [3.63, 3.8) is 0 Å². The lowest BCUT2D eigenvalue weighted by Crippen LogP contribution is -2.43. The van der Waals surface area contributed by atoms with Gasteiger partial charge in [-0.2, -0.15) is 0 Å². The minimum Gasteiger partial charge on any atom is -0.316 e. The zero-order valence-electron chi connectivity index (χ0n) is 13.8. The Balaban J connectivity index is 1.92. The van der Waals surface area contributed by atoms with Gasteiger partial charge >= 0.3 is 0 Å². The average molecular weight is 265 g/mol. The van der Waals surface area contributed by atoms with E-state index < -0.39 is 0 Å². The van der Waals surface area contributed by atoms with Gasteiger partial charge in [-0.05, 0) is 80.2 Å². The highest BCUT2D eigenvalue weighted by atomic mass is 14.9. The summed E-state index contributed by atoms with van der Waals surface area (Å²) in [7, 11) is 0. The SMILES string of the molecule is CC(C)C1CNCCC1C1CCC(C(C)(C)C)CC1. The summed E-state index contributed by atoms with van der Waals surface area (Å²) in [6.07, 6.45) is 7.37. The molecule has 2 atom stereocenters. The van der Waals surface area contributed by atoms with Crippen LogP contribution in [0.1, 0.15) is 66.7 Å². The van der Waals surface area contributed by atoms with Crippen molar-refractivity contribution in [2.75, 3.05) is 13.1 Å². The van der Waals surface area contributed by atoms with Crippen molar-refractivity contribution in [1.82, 2.24) is 5.32 Å². The maximum Gasteiger partial charge on any atom is -0.00153 e. The molecule has 0 bridgehead atoms. The Bertz CT molecular complexity index is 268. The molecule has 0 aromatic heterocycles. The van der Waals surface area contributed by atoms with Gasteiger partial charge in [0.1, 0.15) is 0 Å². The van der Waals surface area contributed by atoms with Gasteiger partial charge in [0.25, 0.3) is 0 Å². The van der Waals surface area contributed by atoms with Gasteiger partial charge in [0, 0.05) is 0 Å². The van der Waals surface area contributed by atoms with Gasteiger partial charge in [-0.3, -0.25) is 0 Å². The molecule has 0 aromatic rings. The molecule has 1 N–H and O–H groups in total. The number of hydrogen-bond acceptors (Lipinski definition) is 1. The summed E-state index contributed by atoms with van der Waals surface area (Å²) in [6, 6.07) is 0. The highest BCUT2D eigenvalue weighted by molar-refractivity contribution is 4.89. The van der Waals surface area contributed by atoms with Crippen LogP contribution < -0.4 is 5.32 Å². The highest BCUT2D eigenvalue weighted by Crippen LogP contribution is 2.45. The molecule has 0 spiro atoms. The molecule has 19 heavy (non-hydrogen) atoms. The summed E-state index contributed by atoms with van der Waals surface area (Å²) in [5.74, 6) is 4.75. The van der Waals surface area contributed by atoms with E-state index in [1.807, 2.05) is 0 Å². The summed E-state index contributed by atoms with van der Waals surface area (Å²) in [6.45, 7) is 14.7. The second-order valence-corrected chi connectivity index (χ2v) is 8.54. The van der Waals surface area contributed by atoms with Crippen molar-refractivity contribution in [2.24, 2.45) is 35.0 Å². The Kier molecular flexibility index (Phi) is 4.98. The topological polar surface area (TPSA) is 12.0 Å². The van der Waals surface area contributed by atoms with E-state index in [0.717, 1.165) is 29.6 Å². The average Bonchev–Trinajstić information content (AvgIpc) is 2.38. The molecule has 1 heteroatoms. The zero-order chi connectivity index (χ0) is 14.0. The van der Waals surface area contributed by atoms with Gasteiger partial charge in [0.2, 0.25) is 0 Å². The van der Waals surface area contributed by atoms with Gasteiger partial charge in [-0.25, -0.2) is 0 Å². The molecule has 2 unspecified atom stereocenters. The van der Waals surface area contributed by atoms with E-state index in [2.05, 4.69) is 39.9 Å². The van der Waals surface area contributed by atoms with E-state index in [1.165, 1.54) is 45.2 Å². The molecule has 0 aromatic carbocycles. The zero-order valence-corrected chi connectivity index (χ0v) is 13.8. The van der Waals surface area contributed by atoms with E-state index in [4.69, 9.17) is 0 Å². The van der Waals surface area contributed by atoms with Crippen molar-refractivity contribution in [1.29, 1.82) is 0 Å². The Labute approximate surface area is 120 Å². The molecule has 1 saturated carbocycles. The standard InChI is InChI=1S/C18H35N/c1-13(2)17-12-19-11-10-16(17)14-6-8-15(9-7-14)18(3,4)5/h13-17,19H,6-12H2,1-5H3. The van der Waals surface area contributed by atoms with Crippen molar-refractivity contribution >= 4 is 0 Å². The summed E-state index contributed by atoms with van der Waals surface area (Å²) in [4.78, 5) is 0. The van der Waals surface area contributed by atoms with Gasteiger partial charge in [-0.15, -0.1) is 0 Å². The first-order valence-corrected chi connectivity index (χ1v) is 8.60.